The summed E-state index contributed by atoms with van der Waals surface area (Å²) in [5.74, 6) is 0.325. The maximum Gasteiger partial charge on any atom is 0.240 e. The molecule has 1 atom stereocenters. The first-order valence-electron chi connectivity index (χ1n) is 7.31. The van der Waals surface area contributed by atoms with E-state index in [4.69, 9.17) is 0 Å². The van der Waals surface area contributed by atoms with Crippen molar-refractivity contribution in [3.05, 3.63) is 18.5 Å². The lowest BCUT2D eigenvalue weighted by Crippen LogP contribution is -2.48. The molecule has 0 aromatic carbocycles. The first-order chi connectivity index (χ1) is 9.79. The fourth-order valence-electron chi connectivity index (χ4n) is 2.54. The molecule has 1 aliphatic rings. The first kappa shape index (κ1) is 14.9. The molecule has 6 nitrogen and oxygen atoms in total. The maximum atomic E-state index is 12.1. The molecule has 0 spiro atoms. The van der Waals surface area contributed by atoms with Crippen LogP contribution in [0.3, 0.4) is 0 Å². The van der Waals surface area contributed by atoms with Crippen molar-refractivity contribution in [2.75, 3.05) is 31.5 Å². The third-order valence-corrected chi connectivity index (χ3v) is 3.46. The molecule has 1 aromatic heterocycles. The van der Waals surface area contributed by atoms with Gasteiger partial charge < -0.3 is 5.32 Å². The Morgan fingerprint density at radius 2 is 2.30 bits per heavy atom. The number of hydrogen-bond acceptors (Lipinski definition) is 5. The minimum Gasteiger partial charge on any atom is -0.315 e. The van der Waals surface area contributed by atoms with Crippen LogP contribution in [0.1, 0.15) is 26.2 Å². The molecule has 0 saturated carbocycles. The van der Waals surface area contributed by atoms with Gasteiger partial charge in [-0.15, -0.1) is 0 Å². The van der Waals surface area contributed by atoms with Crippen molar-refractivity contribution >= 4 is 11.9 Å². The quantitative estimate of drug-likeness (QED) is 0.808. The van der Waals surface area contributed by atoms with E-state index in [9.17, 15) is 4.79 Å². The lowest BCUT2D eigenvalue weighted by molar-refractivity contribution is -0.118. The van der Waals surface area contributed by atoms with Crippen molar-refractivity contribution in [2.24, 2.45) is 0 Å². The SMILES string of the molecule is CCCN(CC(=O)Nc1ncccn1)C1CCCNC1. The van der Waals surface area contributed by atoms with E-state index in [0.29, 0.717) is 18.5 Å². The Balaban J connectivity index is 1.88. The molecule has 2 heterocycles. The summed E-state index contributed by atoms with van der Waals surface area (Å²) in [7, 11) is 0. The third-order valence-electron chi connectivity index (χ3n) is 3.46. The molecule has 1 amide bonds. The molecule has 6 heteroatoms. The van der Waals surface area contributed by atoms with Crippen LogP contribution in [0.5, 0.6) is 0 Å². The van der Waals surface area contributed by atoms with Crippen molar-refractivity contribution < 1.29 is 4.79 Å². The summed E-state index contributed by atoms with van der Waals surface area (Å²) in [6.45, 7) is 5.53. The molecule has 1 unspecified atom stereocenters. The number of nitrogens with one attached hydrogen (secondary N) is 2. The Morgan fingerprint density at radius 1 is 1.50 bits per heavy atom. The topological polar surface area (TPSA) is 70.2 Å². The zero-order valence-corrected chi connectivity index (χ0v) is 12.0. The van der Waals surface area contributed by atoms with Gasteiger partial charge in [-0.1, -0.05) is 6.92 Å². The summed E-state index contributed by atoms with van der Waals surface area (Å²) in [5, 5.41) is 6.15. The highest BCUT2D eigenvalue weighted by molar-refractivity contribution is 5.90. The lowest BCUT2D eigenvalue weighted by Gasteiger charge is -2.33. The highest BCUT2D eigenvalue weighted by atomic mass is 16.2. The van der Waals surface area contributed by atoms with E-state index in [-0.39, 0.29) is 5.91 Å². The van der Waals surface area contributed by atoms with Gasteiger partial charge in [0.1, 0.15) is 0 Å². The molecular weight excluding hydrogens is 254 g/mol. The van der Waals surface area contributed by atoms with Crippen molar-refractivity contribution in [1.82, 2.24) is 20.2 Å². The standard InChI is InChI=1S/C14H23N5O/c1-2-9-19(12-5-3-6-15-10-12)11-13(20)18-14-16-7-4-8-17-14/h4,7-8,12,15H,2-3,5-6,9-11H2,1H3,(H,16,17,18,20). The number of carbonyl (C=O) groups excluding carboxylic acids is 1. The molecule has 1 saturated heterocycles. The Hall–Kier alpha value is -1.53. The smallest absolute Gasteiger partial charge is 0.240 e. The summed E-state index contributed by atoms with van der Waals surface area (Å²) in [4.78, 5) is 22.4. The van der Waals surface area contributed by atoms with Gasteiger partial charge in [0.05, 0.1) is 6.54 Å². The van der Waals surface area contributed by atoms with Crippen LogP contribution in [-0.2, 0) is 4.79 Å². The molecule has 2 N–H and O–H groups in total. The van der Waals surface area contributed by atoms with Gasteiger partial charge in [0, 0.05) is 25.0 Å². The van der Waals surface area contributed by atoms with Gasteiger partial charge in [0.15, 0.2) is 0 Å². The summed E-state index contributed by atoms with van der Waals surface area (Å²) in [6, 6.07) is 2.18. The number of rotatable bonds is 6. The number of carbonyl (C=O) groups is 1. The zero-order valence-electron chi connectivity index (χ0n) is 12.0. The largest absolute Gasteiger partial charge is 0.315 e. The van der Waals surface area contributed by atoms with Crippen molar-refractivity contribution in [3.8, 4) is 0 Å². The average Bonchev–Trinajstić information content (AvgIpc) is 2.49. The van der Waals surface area contributed by atoms with Crippen LogP contribution in [0.15, 0.2) is 18.5 Å². The van der Waals surface area contributed by atoms with E-state index >= 15 is 0 Å². The minimum absolute atomic E-state index is 0.0461. The van der Waals surface area contributed by atoms with Crippen LogP contribution in [0.2, 0.25) is 0 Å². The van der Waals surface area contributed by atoms with Gasteiger partial charge in [-0.25, -0.2) is 9.97 Å². The van der Waals surface area contributed by atoms with E-state index in [1.807, 2.05) is 0 Å². The third kappa shape index (κ3) is 4.54. The predicted molar refractivity (Wildman–Crippen MR) is 78.4 cm³/mol. The van der Waals surface area contributed by atoms with Crippen molar-refractivity contribution in [1.29, 1.82) is 0 Å². The van der Waals surface area contributed by atoms with Gasteiger partial charge in [0.25, 0.3) is 0 Å². The summed E-state index contributed by atoms with van der Waals surface area (Å²) in [6.07, 6.45) is 6.62. The molecular formula is C14H23N5O. The molecule has 1 aromatic rings. The minimum atomic E-state index is -0.0461. The van der Waals surface area contributed by atoms with Crippen molar-refractivity contribution in [2.45, 2.75) is 32.2 Å². The number of nitrogens with zero attached hydrogens (tertiary/aromatic N) is 3. The number of amides is 1. The highest BCUT2D eigenvalue weighted by Gasteiger charge is 2.22. The molecule has 0 bridgehead atoms. The zero-order chi connectivity index (χ0) is 14.2. The van der Waals surface area contributed by atoms with Crippen LogP contribution in [0.4, 0.5) is 5.95 Å². The predicted octanol–water partition coefficient (Wildman–Crippen LogP) is 0.879. The maximum absolute atomic E-state index is 12.1. The van der Waals surface area contributed by atoms with Crippen LogP contribution in [0, 0.1) is 0 Å². The molecule has 2 rings (SSSR count). The van der Waals surface area contributed by atoms with E-state index in [1.165, 1.54) is 6.42 Å². The Labute approximate surface area is 120 Å². The number of anilines is 1. The van der Waals surface area contributed by atoms with E-state index < -0.39 is 0 Å². The van der Waals surface area contributed by atoms with Crippen LogP contribution in [-0.4, -0.2) is 53.0 Å². The van der Waals surface area contributed by atoms with Crippen molar-refractivity contribution in [3.63, 3.8) is 0 Å². The normalized spacial score (nSPS) is 19.0. The first-order valence-corrected chi connectivity index (χ1v) is 7.31. The van der Waals surface area contributed by atoms with Crippen LogP contribution >= 0.6 is 0 Å². The van der Waals surface area contributed by atoms with Crippen LogP contribution < -0.4 is 10.6 Å². The van der Waals surface area contributed by atoms with Gasteiger partial charge in [-0.2, -0.15) is 0 Å². The number of hydrogen-bond donors (Lipinski definition) is 2. The molecule has 0 radical (unpaired) electrons. The molecule has 0 aliphatic carbocycles. The lowest BCUT2D eigenvalue weighted by atomic mass is 10.1. The molecule has 110 valence electrons. The Kier molecular flexibility index (Phi) is 5.88. The highest BCUT2D eigenvalue weighted by Crippen LogP contribution is 2.11. The van der Waals surface area contributed by atoms with Gasteiger partial charge in [-0.3, -0.25) is 15.0 Å². The molecule has 1 aliphatic heterocycles. The second-order valence-electron chi connectivity index (χ2n) is 5.09. The molecule has 1 fully saturated rings. The summed E-state index contributed by atoms with van der Waals surface area (Å²) >= 11 is 0. The Bertz CT molecular complexity index is 405. The number of piperidine rings is 1. The second kappa shape index (κ2) is 7.91. The average molecular weight is 277 g/mol. The fourth-order valence-corrected chi connectivity index (χ4v) is 2.54. The molecule has 20 heavy (non-hydrogen) atoms. The monoisotopic (exact) mass is 277 g/mol. The summed E-state index contributed by atoms with van der Waals surface area (Å²) in [5.41, 5.74) is 0. The van der Waals surface area contributed by atoms with Gasteiger partial charge in [-0.05, 0) is 38.4 Å². The van der Waals surface area contributed by atoms with Gasteiger partial charge in [0.2, 0.25) is 11.9 Å². The van der Waals surface area contributed by atoms with E-state index in [1.54, 1.807) is 18.5 Å². The second-order valence-corrected chi connectivity index (χ2v) is 5.09. The van der Waals surface area contributed by atoms with E-state index in [0.717, 1.165) is 32.5 Å². The number of aromatic nitrogens is 2. The fraction of sp³-hybridized carbons (Fsp3) is 0.643. The Morgan fingerprint density at radius 3 is 2.95 bits per heavy atom. The van der Waals surface area contributed by atoms with E-state index in [2.05, 4.69) is 32.4 Å². The van der Waals surface area contributed by atoms with Crippen LogP contribution in [0.25, 0.3) is 0 Å². The summed E-state index contributed by atoms with van der Waals surface area (Å²) < 4.78 is 0. The van der Waals surface area contributed by atoms with Gasteiger partial charge >= 0.3 is 0 Å².